The Morgan fingerprint density at radius 3 is 2.35 bits per heavy atom. The van der Waals surface area contributed by atoms with Crippen LogP contribution in [0.15, 0.2) is 59.9 Å². The van der Waals surface area contributed by atoms with E-state index in [2.05, 4.69) is 15.5 Å². The number of amides is 1. The Morgan fingerprint density at radius 2 is 1.76 bits per heavy atom. The number of anilines is 1. The van der Waals surface area contributed by atoms with E-state index in [0.717, 1.165) is 5.56 Å². The van der Waals surface area contributed by atoms with Crippen LogP contribution in [0.4, 0.5) is 5.69 Å². The lowest BCUT2D eigenvalue weighted by molar-refractivity contribution is 0.0174. The monoisotopic (exact) mass is 541 g/mol. The van der Waals surface area contributed by atoms with E-state index < -0.39 is 5.97 Å². The van der Waals surface area contributed by atoms with Crippen molar-refractivity contribution in [1.29, 1.82) is 0 Å². The highest BCUT2D eigenvalue weighted by atomic mass is 35.5. The summed E-state index contributed by atoms with van der Waals surface area (Å²) in [7, 11) is 0. The molecule has 2 unspecified atom stereocenters. The van der Waals surface area contributed by atoms with Crippen LogP contribution < -0.4 is 10.1 Å². The number of hydrogen-bond acceptors (Lipinski definition) is 6. The van der Waals surface area contributed by atoms with Gasteiger partial charge in [0, 0.05) is 17.2 Å². The van der Waals surface area contributed by atoms with Gasteiger partial charge in [-0.05, 0) is 54.8 Å². The van der Waals surface area contributed by atoms with Gasteiger partial charge in [0.25, 0.3) is 5.91 Å². The molecule has 2 aromatic carbocycles. The lowest BCUT2D eigenvalue weighted by Crippen LogP contribution is -2.33. The van der Waals surface area contributed by atoms with E-state index in [9.17, 15) is 9.59 Å². The number of pyridine rings is 1. The summed E-state index contributed by atoms with van der Waals surface area (Å²) in [5.41, 5.74) is 2.94. The minimum Gasteiger partial charge on any atom is -0.478 e. The molecule has 4 rings (SSSR count). The Bertz CT molecular complexity index is 1340. The molecule has 0 spiro atoms. The van der Waals surface area contributed by atoms with Crippen molar-refractivity contribution in [3.8, 4) is 5.88 Å². The number of carboxylic acids is 1. The molecule has 3 aromatic rings. The van der Waals surface area contributed by atoms with E-state index in [0.29, 0.717) is 38.5 Å². The molecule has 1 aromatic heterocycles. The van der Waals surface area contributed by atoms with Gasteiger partial charge in [-0.2, -0.15) is 0 Å². The van der Waals surface area contributed by atoms with Crippen molar-refractivity contribution in [3.63, 3.8) is 0 Å². The molecule has 10 heteroatoms. The number of carbonyl (C=O) groups is 2. The number of nitrogens with one attached hydrogen (secondary N) is 1. The molecule has 2 atom stereocenters. The first kappa shape index (κ1) is 26.4. The first-order chi connectivity index (χ1) is 17.7. The number of nitrogens with zero attached hydrogens (tertiary/aromatic N) is 2. The van der Waals surface area contributed by atoms with Crippen LogP contribution in [0.5, 0.6) is 5.88 Å². The molecule has 2 heterocycles. The maximum absolute atomic E-state index is 12.6. The number of aromatic carboxylic acids is 1. The third kappa shape index (κ3) is 5.87. The fourth-order valence-electron chi connectivity index (χ4n) is 4.02. The van der Waals surface area contributed by atoms with E-state index >= 15 is 0 Å². The van der Waals surface area contributed by atoms with Crippen LogP contribution >= 0.6 is 23.2 Å². The SMILES string of the molecule is Cc1cc(OCC2C(c3c(Cl)cccc3Cl)=NOC2C(C)C)ncc1NC(=O)c1ccc(C(=O)O)cc1. The number of carbonyl (C=O) groups excluding carboxylic acids is 1. The molecule has 1 amide bonds. The number of aromatic nitrogens is 1. The van der Waals surface area contributed by atoms with Crippen LogP contribution in [0.1, 0.15) is 45.7 Å². The van der Waals surface area contributed by atoms with E-state index in [1.165, 1.54) is 30.5 Å². The normalized spacial score (nSPS) is 16.8. The number of benzene rings is 2. The van der Waals surface area contributed by atoms with E-state index in [1.54, 1.807) is 24.3 Å². The molecule has 0 bridgehead atoms. The van der Waals surface area contributed by atoms with Crippen molar-refractivity contribution in [3.05, 3.63) is 87.0 Å². The highest BCUT2D eigenvalue weighted by Crippen LogP contribution is 2.35. The minimum absolute atomic E-state index is 0.105. The molecular formula is C27H25Cl2N3O5. The van der Waals surface area contributed by atoms with Gasteiger partial charge in [0.2, 0.25) is 5.88 Å². The highest BCUT2D eigenvalue weighted by Gasteiger charge is 2.39. The van der Waals surface area contributed by atoms with E-state index in [4.69, 9.17) is 37.9 Å². The molecule has 1 aliphatic rings. The second-order valence-corrected chi connectivity index (χ2v) is 9.79. The fraction of sp³-hybridized carbons (Fsp3) is 0.259. The van der Waals surface area contributed by atoms with Crippen molar-refractivity contribution in [1.82, 2.24) is 4.98 Å². The van der Waals surface area contributed by atoms with Gasteiger partial charge in [-0.15, -0.1) is 0 Å². The maximum Gasteiger partial charge on any atom is 0.335 e. The zero-order valence-electron chi connectivity index (χ0n) is 20.4. The Labute approximate surface area is 224 Å². The first-order valence-electron chi connectivity index (χ1n) is 11.6. The van der Waals surface area contributed by atoms with E-state index in [-0.39, 0.29) is 36.0 Å². The smallest absolute Gasteiger partial charge is 0.335 e. The summed E-state index contributed by atoms with van der Waals surface area (Å²) in [5.74, 6) is -1.13. The Hall–Kier alpha value is -3.62. The third-order valence-electron chi connectivity index (χ3n) is 6.04. The van der Waals surface area contributed by atoms with Crippen LogP contribution in [0.3, 0.4) is 0 Å². The average Bonchev–Trinajstić information content (AvgIpc) is 3.28. The number of aryl methyl sites for hydroxylation is 1. The zero-order chi connectivity index (χ0) is 26.7. The molecule has 192 valence electrons. The number of carboxylic acid groups (broad SMARTS) is 1. The van der Waals surface area contributed by atoms with Crippen LogP contribution in [-0.2, 0) is 4.84 Å². The molecule has 0 radical (unpaired) electrons. The largest absolute Gasteiger partial charge is 0.478 e. The molecule has 0 saturated carbocycles. The summed E-state index contributed by atoms with van der Waals surface area (Å²) in [6.45, 7) is 6.14. The Balaban J connectivity index is 1.47. The second-order valence-electron chi connectivity index (χ2n) is 8.98. The van der Waals surface area contributed by atoms with Crippen molar-refractivity contribution in [2.45, 2.75) is 26.9 Å². The third-order valence-corrected chi connectivity index (χ3v) is 6.67. The van der Waals surface area contributed by atoms with Gasteiger partial charge in [0.05, 0.1) is 33.4 Å². The molecule has 0 aliphatic carbocycles. The lowest BCUT2D eigenvalue weighted by Gasteiger charge is -2.22. The van der Waals surface area contributed by atoms with Crippen molar-refractivity contribution >= 4 is 46.5 Å². The topological polar surface area (TPSA) is 110 Å². The summed E-state index contributed by atoms with van der Waals surface area (Å²) in [6.07, 6.45) is 1.29. The quantitative estimate of drug-likeness (QED) is 0.356. The summed E-state index contributed by atoms with van der Waals surface area (Å²) in [6, 6.07) is 12.7. The molecule has 0 fully saturated rings. The molecule has 37 heavy (non-hydrogen) atoms. The Kier molecular flexibility index (Phi) is 8.00. The number of halogens is 2. The summed E-state index contributed by atoms with van der Waals surface area (Å²) in [5, 5.41) is 17.1. The van der Waals surface area contributed by atoms with Gasteiger partial charge in [-0.25, -0.2) is 9.78 Å². The second kappa shape index (κ2) is 11.2. The summed E-state index contributed by atoms with van der Waals surface area (Å²) in [4.78, 5) is 33.7. The highest BCUT2D eigenvalue weighted by molar-refractivity contribution is 6.40. The van der Waals surface area contributed by atoms with Crippen LogP contribution in [0.2, 0.25) is 10.0 Å². The predicted molar refractivity (Wildman–Crippen MR) is 142 cm³/mol. The van der Waals surface area contributed by atoms with Gasteiger partial charge >= 0.3 is 5.97 Å². The minimum atomic E-state index is -1.06. The van der Waals surface area contributed by atoms with Gasteiger partial charge in [0.15, 0.2) is 0 Å². The summed E-state index contributed by atoms with van der Waals surface area (Å²) >= 11 is 12.9. The Morgan fingerprint density at radius 1 is 1.11 bits per heavy atom. The summed E-state index contributed by atoms with van der Waals surface area (Å²) < 4.78 is 6.04. The lowest BCUT2D eigenvalue weighted by atomic mass is 9.87. The van der Waals surface area contributed by atoms with E-state index in [1.807, 2.05) is 20.8 Å². The predicted octanol–water partition coefficient (Wildman–Crippen LogP) is 6.10. The standard InChI is InChI=1S/C27H25Cl2N3O5/c1-14(2)25-18(24(32-37-25)23-19(28)5-4-6-20(23)29)13-36-22-11-15(3)21(12-30-22)31-26(33)16-7-9-17(10-8-16)27(34)35/h4-12,14,18,25H,13H2,1-3H3,(H,31,33)(H,34,35). The number of rotatable bonds is 8. The van der Waals surface area contributed by atoms with Gasteiger partial charge in [-0.3, -0.25) is 4.79 Å². The van der Waals surface area contributed by atoms with Gasteiger partial charge in [-0.1, -0.05) is 48.3 Å². The van der Waals surface area contributed by atoms with Crippen molar-refractivity contribution < 1.29 is 24.3 Å². The number of hydrogen-bond donors (Lipinski definition) is 2. The fourth-order valence-corrected chi connectivity index (χ4v) is 4.61. The maximum atomic E-state index is 12.6. The zero-order valence-corrected chi connectivity index (χ0v) is 21.9. The number of oxime groups is 1. The van der Waals surface area contributed by atoms with Gasteiger partial charge in [0.1, 0.15) is 18.4 Å². The van der Waals surface area contributed by atoms with Gasteiger partial charge < -0.3 is 20.0 Å². The van der Waals surface area contributed by atoms with Crippen molar-refractivity contribution in [2.24, 2.45) is 17.0 Å². The molecule has 0 saturated heterocycles. The van der Waals surface area contributed by atoms with Crippen LogP contribution in [-0.4, -0.2) is 40.4 Å². The average molecular weight is 542 g/mol. The number of ether oxygens (including phenoxy) is 1. The molecule has 2 N–H and O–H groups in total. The first-order valence-corrected chi connectivity index (χ1v) is 12.3. The molecule has 8 nitrogen and oxygen atoms in total. The van der Waals surface area contributed by atoms with Crippen LogP contribution in [0.25, 0.3) is 0 Å². The van der Waals surface area contributed by atoms with Crippen molar-refractivity contribution in [2.75, 3.05) is 11.9 Å². The molecule has 1 aliphatic heterocycles. The van der Waals surface area contributed by atoms with Crippen LogP contribution in [0, 0.1) is 18.8 Å². The molecular weight excluding hydrogens is 517 g/mol.